The van der Waals surface area contributed by atoms with E-state index in [-0.39, 0.29) is 11.1 Å². The van der Waals surface area contributed by atoms with E-state index < -0.39 is 5.97 Å². The van der Waals surface area contributed by atoms with Crippen LogP contribution in [-0.2, 0) is 6.42 Å². The van der Waals surface area contributed by atoms with Crippen LogP contribution in [0.5, 0.6) is 0 Å². The van der Waals surface area contributed by atoms with Crippen molar-refractivity contribution < 1.29 is 9.90 Å². The molecule has 0 radical (unpaired) electrons. The molecule has 5 nitrogen and oxygen atoms in total. The molecule has 124 valence electrons. The lowest BCUT2D eigenvalue weighted by molar-refractivity contribution is 0.0696. The van der Waals surface area contributed by atoms with E-state index in [1.165, 1.54) is 22.2 Å². The molecule has 0 spiro atoms. The van der Waals surface area contributed by atoms with Crippen molar-refractivity contribution >= 4 is 23.3 Å². The highest BCUT2D eigenvalue weighted by atomic mass is 16.4. The standard InChI is InChI=1S/C20H16N2O3/c1-12-4-2-3-5-13(12)10-14-6-8-16-18(14)21-17-9-7-15(20(24)25)11-22(17)19(16)23/h2-5,7,9-11H,6,8H2,1H3,(H,24,25)/b14-10-. The van der Waals surface area contributed by atoms with Gasteiger partial charge in [0.25, 0.3) is 5.56 Å². The number of allylic oxidation sites excluding steroid dienone is 1. The first kappa shape index (κ1) is 15.3. The summed E-state index contributed by atoms with van der Waals surface area (Å²) in [5.74, 6) is -1.06. The van der Waals surface area contributed by atoms with Crippen molar-refractivity contribution in [1.29, 1.82) is 0 Å². The number of aromatic carboxylic acids is 1. The van der Waals surface area contributed by atoms with E-state index in [1.54, 1.807) is 6.07 Å². The summed E-state index contributed by atoms with van der Waals surface area (Å²) in [7, 11) is 0. The number of carboxylic acid groups (broad SMARTS) is 1. The van der Waals surface area contributed by atoms with Crippen molar-refractivity contribution in [1.82, 2.24) is 9.38 Å². The molecule has 4 rings (SSSR count). The second-order valence-corrected chi connectivity index (χ2v) is 6.22. The van der Waals surface area contributed by atoms with Crippen molar-refractivity contribution in [2.45, 2.75) is 19.8 Å². The number of carbonyl (C=O) groups is 1. The summed E-state index contributed by atoms with van der Waals surface area (Å²) in [6.45, 7) is 2.05. The summed E-state index contributed by atoms with van der Waals surface area (Å²) in [5.41, 5.74) is 5.08. The Morgan fingerprint density at radius 1 is 1.20 bits per heavy atom. The maximum atomic E-state index is 12.8. The molecule has 3 aromatic rings. The van der Waals surface area contributed by atoms with E-state index >= 15 is 0 Å². The van der Waals surface area contributed by atoms with Crippen molar-refractivity contribution in [2.24, 2.45) is 0 Å². The minimum Gasteiger partial charge on any atom is -0.478 e. The Morgan fingerprint density at radius 3 is 2.76 bits per heavy atom. The van der Waals surface area contributed by atoms with Crippen LogP contribution in [0.25, 0.3) is 17.3 Å². The summed E-state index contributed by atoms with van der Waals surface area (Å²) in [5, 5.41) is 9.12. The van der Waals surface area contributed by atoms with E-state index in [2.05, 4.69) is 24.1 Å². The summed E-state index contributed by atoms with van der Waals surface area (Å²) in [6.07, 6.45) is 4.82. The maximum Gasteiger partial charge on any atom is 0.337 e. The zero-order valence-electron chi connectivity index (χ0n) is 13.7. The third-order valence-corrected chi connectivity index (χ3v) is 4.63. The fourth-order valence-electron chi connectivity index (χ4n) is 3.25. The number of fused-ring (bicyclic) bond motifs is 2. The van der Waals surface area contributed by atoms with Gasteiger partial charge in [0.2, 0.25) is 0 Å². The molecule has 0 aliphatic heterocycles. The van der Waals surface area contributed by atoms with Crippen molar-refractivity contribution in [3.63, 3.8) is 0 Å². The Labute approximate surface area is 143 Å². The summed E-state index contributed by atoms with van der Waals surface area (Å²) in [6, 6.07) is 11.1. The van der Waals surface area contributed by atoms with Gasteiger partial charge in [-0.15, -0.1) is 0 Å². The van der Waals surface area contributed by atoms with Gasteiger partial charge in [0.15, 0.2) is 0 Å². The minimum atomic E-state index is -1.06. The molecule has 25 heavy (non-hydrogen) atoms. The SMILES string of the molecule is Cc1ccccc1/C=C1/CCc2c1nc1ccc(C(=O)O)cn1c2=O. The molecular formula is C20H16N2O3. The molecule has 0 fully saturated rings. The number of aromatic nitrogens is 2. The number of rotatable bonds is 2. The highest BCUT2D eigenvalue weighted by Crippen LogP contribution is 2.31. The Kier molecular flexibility index (Phi) is 3.50. The predicted molar refractivity (Wildman–Crippen MR) is 95.8 cm³/mol. The van der Waals surface area contributed by atoms with E-state index in [4.69, 9.17) is 5.11 Å². The Balaban J connectivity index is 1.90. The molecule has 2 heterocycles. The molecule has 1 aliphatic rings. The van der Waals surface area contributed by atoms with Gasteiger partial charge >= 0.3 is 5.97 Å². The fraction of sp³-hybridized carbons (Fsp3) is 0.150. The zero-order chi connectivity index (χ0) is 17.6. The Morgan fingerprint density at radius 2 is 2.00 bits per heavy atom. The Hall–Kier alpha value is -3.21. The zero-order valence-corrected chi connectivity index (χ0v) is 13.7. The third-order valence-electron chi connectivity index (χ3n) is 4.63. The molecule has 0 bridgehead atoms. The number of pyridine rings is 1. The molecule has 2 aromatic heterocycles. The van der Waals surface area contributed by atoms with Gasteiger partial charge in [-0.25, -0.2) is 9.78 Å². The monoisotopic (exact) mass is 332 g/mol. The minimum absolute atomic E-state index is 0.0741. The van der Waals surface area contributed by atoms with Crippen molar-refractivity contribution in [2.75, 3.05) is 0 Å². The highest BCUT2D eigenvalue weighted by molar-refractivity contribution is 5.88. The van der Waals surface area contributed by atoms with Crippen LogP contribution in [0.4, 0.5) is 0 Å². The lowest BCUT2D eigenvalue weighted by atomic mass is 10.0. The van der Waals surface area contributed by atoms with Crippen LogP contribution >= 0.6 is 0 Å². The first-order chi connectivity index (χ1) is 12.0. The van der Waals surface area contributed by atoms with Crippen molar-refractivity contribution in [3.05, 3.63) is 80.9 Å². The van der Waals surface area contributed by atoms with Crippen LogP contribution in [0.15, 0.2) is 47.4 Å². The van der Waals surface area contributed by atoms with E-state index in [0.717, 1.165) is 23.3 Å². The topological polar surface area (TPSA) is 71.7 Å². The van der Waals surface area contributed by atoms with Gasteiger partial charge in [-0.3, -0.25) is 9.20 Å². The fourth-order valence-corrected chi connectivity index (χ4v) is 3.25. The van der Waals surface area contributed by atoms with Crippen molar-refractivity contribution in [3.8, 4) is 0 Å². The number of hydrogen-bond acceptors (Lipinski definition) is 3. The second-order valence-electron chi connectivity index (χ2n) is 6.22. The quantitative estimate of drug-likeness (QED) is 0.782. The summed E-state index contributed by atoms with van der Waals surface area (Å²) < 4.78 is 1.33. The number of nitrogens with zero attached hydrogens (tertiary/aromatic N) is 2. The van der Waals surface area contributed by atoms with Crippen LogP contribution in [-0.4, -0.2) is 20.5 Å². The normalized spacial score (nSPS) is 14.8. The third kappa shape index (κ3) is 2.54. The molecule has 0 unspecified atom stereocenters. The van der Waals surface area contributed by atoms with Gasteiger partial charge in [0, 0.05) is 11.8 Å². The molecule has 1 aliphatic carbocycles. The molecule has 0 saturated carbocycles. The number of hydrogen-bond donors (Lipinski definition) is 1. The number of aryl methyl sites for hydroxylation is 1. The smallest absolute Gasteiger partial charge is 0.337 e. The van der Waals surface area contributed by atoms with Gasteiger partial charge in [0.05, 0.1) is 11.3 Å². The van der Waals surface area contributed by atoms with Crippen LogP contribution < -0.4 is 5.56 Å². The molecule has 0 saturated heterocycles. The van der Waals surface area contributed by atoms with Gasteiger partial charge in [0.1, 0.15) is 5.65 Å². The molecule has 1 N–H and O–H groups in total. The van der Waals surface area contributed by atoms with Gasteiger partial charge in [-0.05, 0) is 54.7 Å². The Bertz CT molecular complexity index is 1110. The number of carboxylic acids is 1. The number of benzene rings is 1. The van der Waals surface area contributed by atoms with Crippen LogP contribution in [0.1, 0.15) is 39.2 Å². The molecule has 1 aromatic carbocycles. The first-order valence-electron chi connectivity index (χ1n) is 8.10. The average molecular weight is 332 g/mol. The van der Waals surface area contributed by atoms with Gasteiger partial charge < -0.3 is 5.11 Å². The maximum absolute atomic E-state index is 12.8. The summed E-state index contributed by atoms with van der Waals surface area (Å²) >= 11 is 0. The van der Waals surface area contributed by atoms with Crippen LogP contribution in [0, 0.1) is 6.92 Å². The molecule has 5 heteroatoms. The summed E-state index contributed by atoms with van der Waals surface area (Å²) in [4.78, 5) is 28.5. The van der Waals surface area contributed by atoms with Crippen LogP contribution in [0.3, 0.4) is 0 Å². The first-order valence-corrected chi connectivity index (χ1v) is 8.10. The molecule has 0 atom stereocenters. The lowest BCUT2D eigenvalue weighted by Gasteiger charge is -2.07. The highest BCUT2D eigenvalue weighted by Gasteiger charge is 2.23. The molecular weight excluding hydrogens is 316 g/mol. The molecule has 0 amide bonds. The van der Waals surface area contributed by atoms with Crippen LogP contribution in [0.2, 0.25) is 0 Å². The predicted octanol–water partition coefficient (Wildman–Crippen LogP) is 3.19. The van der Waals surface area contributed by atoms with Gasteiger partial charge in [-0.2, -0.15) is 0 Å². The largest absolute Gasteiger partial charge is 0.478 e. The van der Waals surface area contributed by atoms with E-state index in [0.29, 0.717) is 17.6 Å². The average Bonchev–Trinajstić information content (AvgIpc) is 3.00. The second kappa shape index (κ2) is 5.70. The lowest BCUT2D eigenvalue weighted by Crippen LogP contribution is -2.20. The van der Waals surface area contributed by atoms with E-state index in [9.17, 15) is 9.59 Å². The van der Waals surface area contributed by atoms with E-state index in [1.807, 2.05) is 18.2 Å². The van der Waals surface area contributed by atoms with Gasteiger partial charge in [-0.1, -0.05) is 24.3 Å².